The van der Waals surface area contributed by atoms with Crippen LogP contribution in [-0.2, 0) is 14.1 Å². The lowest BCUT2D eigenvalue weighted by Crippen LogP contribution is -2.19. The number of carbonyl (C=O) groups is 1. The fourth-order valence-corrected chi connectivity index (χ4v) is 2.70. The van der Waals surface area contributed by atoms with Crippen LogP contribution in [0.25, 0.3) is 11.0 Å². The molecule has 0 bridgehead atoms. The van der Waals surface area contributed by atoms with Crippen molar-refractivity contribution in [3.63, 3.8) is 0 Å². The van der Waals surface area contributed by atoms with Crippen LogP contribution in [0.3, 0.4) is 0 Å². The molecule has 0 radical (unpaired) electrons. The zero-order chi connectivity index (χ0) is 17.4. The smallest absolute Gasteiger partial charge is 0.328 e. The van der Waals surface area contributed by atoms with Crippen molar-refractivity contribution in [2.45, 2.75) is 0 Å². The summed E-state index contributed by atoms with van der Waals surface area (Å²) < 4.78 is 3.16. The first-order chi connectivity index (χ1) is 11.4. The number of benzene rings is 1. The fraction of sp³-hybridized carbons (Fsp3) is 0.235. The maximum Gasteiger partial charge on any atom is 0.328 e. The number of imidazole rings is 1. The van der Waals surface area contributed by atoms with Gasteiger partial charge < -0.3 is 10.2 Å². The molecule has 0 aliphatic carbocycles. The highest BCUT2D eigenvalue weighted by Crippen LogP contribution is 2.30. The molecule has 0 spiro atoms. The first-order valence-electron chi connectivity index (χ1n) is 7.48. The standard InChI is InChI=1S/C17H19N5O2/c1-20(2)13-10-15-14(21(3)17(24)22(15)4)9-12(13)19-16(23)11-5-7-18-8-6-11/h5-10H,1-4H3,(H,19,23). The molecule has 0 aliphatic heterocycles. The Kier molecular flexibility index (Phi) is 3.84. The summed E-state index contributed by atoms with van der Waals surface area (Å²) in [5, 5.41) is 2.92. The van der Waals surface area contributed by atoms with E-state index in [0.717, 1.165) is 16.7 Å². The number of rotatable bonds is 3. The summed E-state index contributed by atoms with van der Waals surface area (Å²) in [6, 6.07) is 7.03. The number of pyridine rings is 1. The topological polar surface area (TPSA) is 72.2 Å². The summed E-state index contributed by atoms with van der Waals surface area (Å²) in [6.45, 7) is 0. The fourth-order valence-electron chi connectivity index (χ4n) is 2.70. The number of hydrogen-bond donors (Lipinski definition) is 1. The summed E-state index contributed by atoms with van der Waals surface area (Å²) in [5.74, 6) is -0.221. The average Bonchev–Trinajstić information content (AvgIpc) is 2.79. The number of fused-ring (bicyclic) bond motifs is 1. The Morgan fingerprint density at radius 1 is 1.08 bits per heavy atom. The van der Waals surface area contributed by atoms with Crippen molar-refractivity contribution in [1.82, 2.24) is 14.1 Å². The SMILES string of the molecule is CN(C)c1cc2c(cc1NC(=O)c1ccncc1)n(C)c(=O)n2C. The van der Waals surface area contributed by atoms with E-state index in [1.165, 1.54) is 0 Å². The molecule has 1 N–H and O–H groups in total. The van der Waals surface area contributed by atoms with E-state index in [0.29, 0.717) is 11.3 Å². The molecular weight excluding hydrogens is 306 g/mol. The van der Waals surface area contributed by atoms with E-state index in [-0.39, 0.29) is 11.6 Å². The van der Waals surface area contributed by atoms with Crippen molar-refractivity contribution in [3.05, 3.63) is 52.7 Å². The molecule has 0 fully saturated rings. The van der Waals surface area contributed by atoms with Crippen LogP contribution < -0.4 is 15.9 Å². The molecule has 2 aromatic heterocycles. The van der Waals surface area contributed by atoms with E-state index in [9.17, 15) is 9.59 Å². The molecule has 0 unspecified atom stereocenters. The van der Waals surface area contributed by atoms with Gasteiger partial charge in [0, 0.05) is 46.1 Å². The Morgan fingerprint density at radius 2 is 1.67 bits per heavy atom. The van der Waals surface area contributed by atoms with E-state index in [1.807, 2.05) is 31.1 Å². The minimum Gasteiger partial charge on any atom is -0.376 e. The lowest BCUT2D eigenvalue weighted by molar-refractivity contribution is 0.102. The summed E-state index contributed by atoms with van der Waals surface area (Å²) in [4.78, 5) is 30.4. The van der Waals surface area contributed by atoms with Gasteiger partial charge in [-0.1, -0.05) is 0 Å². The third-order valence-electron chi connectivity index (χ3n) is 4.06. The van der Waals surface area contributed by atoms with Gasteiger partial charge in [0.2, 0.25) is 0 Å². The van der Waals surface area contributed by atoms with Crippen LogP contribution in [0.4, 0.5) is 11.4 Å². The van der Waals surface area contributed by atoms with E-state index in [2.05, 4.69) is 10.3 Å². The highest BCUT2D eigenvalue weighted by atomic mass is 16.2. The molecule has 24 heavy (non-hydrogen) atoms. The molecule has 124 valence electrons. The van der Waals surface area contributed by atoms with E-state index in [1.54, 1.807) is 47.8 Å². The van der Waals surface area contributed by atoms with Crippen molar-refractivity contribution in [3.8, 4) is 0 Å². The number of anilines is 2. The van der Waals surface area contributed by atoms with Crippen LogP contribution in [0, 0.1) is 0 Å². The predicted molar refractivity (Wildman–Crippen MR) is 94.7 cm³/mol. The molecule has 0 saturated heterocycles. The number of hydrogen-bond acceptors (Lipinski definition) is 4. The zero-order valence-electron chi connectivity index (χ0n) is 14.1. The van der Waals surface area contributed by atoms with Crippen LogP contribution in [0.15, 0.2) is 41.5 Å². The number of amides is 1. The first kappa shape index (κ1) is 15.8. The van der Waals surface area contributed by atoms with Gasteiger partial charge in [0.15, 0.2) is 0 Å². The lowest BCUT2D eigenvalue weighted by atomic mass is 10.2. The Hall–Kier alpha value is -3.09. The van der Waals surface area contributed by atoms with E-state index >= 15 is 0 Å². The van der Waals surface area contributed by atoms with Crippen molar-refractivity contribution in [1.29, 1.82) is 0 Å². The van der Waals surface area contributed by atoms with Gasteiger partial charge in [-0.25, -0.2) is 4.79 Å². The van der Waals surface area contributed by atoms with Gasteiger partial charge in [0.25, 0.3) is 5.91 Å². The average molecular weight is 325 g/mol. The largest absolute Gasteiger partial charge is 0.376 e. The quantitative estimate of drug-likeness (QED) is 0.794. The Morgan fingerprint density at radius 3 is 2.25 bits per heavy atom. The second kappa shape index (κ2) is 5.84. The third-order valence-corrected chi connectivity index (χ3v) is 4.06. The van der Waals surface area contributed by atoms with Gasteiger partial charge in [-0.15, -0.1) is 0 Å². The molecule has 0 atom stereocenters. The van der Waals surface area contributed by atoms with Gasteiger partial charge in [-0.05, 0) is 24.3 Å². The molecular formula is C17H19N5O2. The Bertz CT molecular complexity index is 970. The second-order valence-electron chi connectivity index (χ2n) is 5.84. The summed E-state index contributed by atoms with van der Waals surface area (Å²) in [6.07, 6.45) is 3.15. The van der Waals surface area contributed by atoms with Crippen LogP contribution in [-0.4, -0.2) is 34.1 Å². The summed E-state index contributed by atoms with van der Waals surface area (Å²) in [5.41, 5.74) is 3.47. The molecule has 1 amide bonds. The minimum absolute atomic E-state index is 0.104. The number of nitrogens with zero attached hydrogens (tertiary/aromatic N) is 4. The summed E-state index contributed by atoms with van der Waals surface area (Å²) in [7, 11) is 7.24. The van der Waals surface area contributed by atoms with E-state index < -0.39 is 0 Å². The third kappa shape index (κ3) is 2.54. The van der Waals surface area contributed by atoms with E-state index in [4.69, 9.17) is 0 Å². The predicted octanol–water partition coefficient (Wildman–Crippen LogP) is 1.59. The van der Waals surface area contributed by atoms with Gasteiger partial charge in [-0.3, -0.25) is 18.9 Å². The first-order valence-corrected chi connectivity index (χ1v) is 7.48. The Balaban J connectivity index is 2.12. The van der Waals surface area contributed by atoms with Crippen LogP contribution in [0.2, 0.25) is 0 Å². The highest BCUT2D eigenvalue weighted by molar-refractivity contribution is 6.07. The molecule has 3 rings (SSSR count). The number of nitrogens with one attached hydrogen (secondary N) is 1. The molecule has 0 aliphatic rings. The van der Waals surface area contributed by atoms with Crippen LogP contribution >= 0.6 is 0 Å². The maximum atomic E-state index is 12.5. The number of carbonyl (C=O) groups excluding carboxylic acids is 1. The van der Waals surface area contributed by atoms with Crippen molar-refractivity contribution in [2.75, 3.05) is 24.3 Å². The lowest BCUT2D eigenvalue weighted by Gasteiger charge is -2.18. The summed E-state index contributed by atoms with van der Waals surface area (Å²) >= 11 is 0. The molecule has 2 heterocycles. The monoisotopic (exact) mass is 325 g/mol. The van der Waals surface area contributed by atoms with Gasteiger partial charge in [-0.2, -0.15) is 0 Å². The molecule has 7 nitrogen and oxygen atoms in total. The van der Waals surface area contributed by atoms with Crippen LogP contribution in [0.5, 0.6) is 0 Å². The molecule has 1 aromatic carbocycles. The molecule has 7 heteroatoms. The van der Waals surface area contributed by atoms with Crippen molar-refractivity contribution in [2.24, 2.45) is 14.1 Å². The van der Waals surface area contributed by atoms with Crippen LogP contribution in [0.1, 0.15) is 10.4 Å². The maximum absolute atomic E-state index is 12.5. The van der Waals surface area contributed by atoms with Gasteiger partial charge in [0.05, 0.1) is 22.4 Å². The van der Waals surface area contributed by atoms with Crippen molar-refractivity contribution < 1.29 is 4.79 Å². The van der Waals surface area contributed by atoms with Crippen molar-refractivity contribution >= 4 is 28.3 Å². The normalized spacial score (nSPS) is 10.8. The second-order valence-corrected chi connectivity index (χ2v) is 5.84. The number of aryl methyl sites for hydroxylation is 2. The number of aromatic nitrogens is 3. The Labute approximate surface area is 139 Å². The van der Waals surface area contributed by atoms with Gasteiger partial charge >= 0.3 is 5.69 Å². The zero-order valence-corrected chi connectivity index (χ0v) is 14.1. The highest BCUT2D eigenvalue weighted by Gasteiger charge is 2.16. The minimum atomic E-state index is -0.221. The molecule has 3 aromatic rings. The molecule has 0 saturated carbocycles. The van der Waals surface area contributed by atoms with Gasteiger partial charge in [0.1, 0.15) is 0 Å².